The van der Waals surface area contributed by atoms with Crippen molar-refractivity contribution in [2.75, 3.05) is 0 Å². The maximum absolute atomic E-state index is 11.3. The number of fused-ring (bicyclic) bond motifs is 1. The Bertz CT molecular complexity index is 744. The van der Waals surface area contributed by atoms with E-state index in [2.05, 4.69) is 52.9 Å². The molecule has 0 aliphatic carbocycles. The largest absolute Gasteiger partial charge is 0.478 e. The van der Waals surface area contributed by atoms with Gasteiger partial charge >= 0.3 is 5.97 Å². The van der Waals surface area contributed by atoms with Gasteiger partial charge in [0.25, 0.3) is 0 Å². The molecule has 1 unspecified atom stereocenters. The summed E-state index contributed by atoms with van der Waals surface area (Å²) in [6.07, 6.45) is 0.960. The van der Waals surface area contributed by atoms with Crippen molar-refractivity contribution < 1.29 is 14.3 Å². The summed E-state index contributed by atoms with van der Waals surface area (Å²) >= 11 is 0. The van der Waals surface area contributed by atoms with Crippen molar-refractivity contribution in [1.82, 2.24) is 0 Å². The maximum Gasteiger partial charge on any atom is 0.336 e. The minimum atomic E-state index is -1.78. The summed E-state index contributed by atoms with van der Waals surface area (Å²) in [6, 6.07) is 12.3. The average Bonchev–Trinajstić information content (AvgIpc) is 2.44. The molecule has 1 radical (unpaired) electrons. The first-order chi connectivity index (χ1) is 11.0. The molecule has 0 heterocycles. The zero-order valence-corrected chi connectivity index (χ0v) is 16.4. The predicted octanol–water partition coefficient (Wildman–Crippen LogP) is 5.29. The molecule has 0 saturated heterocycles. The molecule has 0 bridgehead atoms. The van der Waals surface area contributed by atoms with Crippen molar-refractivity contribution in [3.63, 3.8) is 0 Å². The van der Waals surface area contributed by atoms with Crippen LogP contribution in [0.4, 0.5) is 0 Å². The highest BCUT2D eigenvalue weighted by Gasteiger charge is 2.38. The first-order valence-corrected chi connectivity index (χ1v) is 11.3. The van der Waals surface area contributed by atoms with Crippen LogP contribution in [0.3, 0.4) is 0 Å². The van der Waals surface area contributed by atoms with Crippen molar-refractivity contribution in [1.29, 1.82) is 0 Å². The minimum absolute atomic E-state index is 0.137. The minimum Gasteiger partial charge on any atom is -0.478 e. The first-order valence-electron chi connectivity index (χ1n) is 8.36. The van der Waals surface area contributed by atoms with E-state index in [1.807, 2.05) is 18.2 Å². The second kappa shape index (κ2) is 6.69. The third kappa shape index (κ3) is 4.05. The van der Waals surface area contributed by atoms with E-state index < -0.39 is 14.3 Å². The molecule has 0 fully saturated rings. The van der Waals surface area contributed by atoms with E-state index in [0.717, 1.165) is 22.8 Å². The third-order valence-electron chi connectivity index (χ3n) is 4.91. The summed E-state index contributed by atoms with van der Waals surface area (Å²) in [7, 11) is -1.78. The van der Waals surface area contributed by atoms with E-state index in [-0.39, 0.29) is 16.7 Å². The van der Waals surface area contributed by atoms with E-state index in [4.69, 9.17) is 4.43 Å². The molecule has 129 valence electrons. The molecule has 0 saturated carbocycles. The summed E-state index contributed by atoms with van der Waals surface area (Å²) in [4.78, 5) is 11.3. The highest BCUT2D eigenvalue weighted by Crippen LogP contribution is 2.37. The number of carboxylic acid groups (broad SMARTS) is 1. The Labute approximate surface area is 145 Å². The number of aromatic carboxylic acids is 1. The number of hydrogen-bond acceptors (Lipinski definition) is 2. The summed E-state index contributed by atoms with van der Waals surface area (Å²) in [5, 5.41) is 11.1. The zero-order chi connectivity index (χ0) is 18.1. The van der Waals surface area contributed by atoms with Crippen molar-refractivity contribution in [3.8, 4) is 0 Å². The Morgan fingerprint density at radius 3 is 2.54 bits per heavy atom. The van der Waals surface area contributed by atoms with E-state index in [0.29, 0.717) is 0 Å². The average molecular weight is 344 g/mol. The maximum atomic E-state index is 11.3. The number of rotatable bonds is 5. The molecule has 1 atom stereocenters. The van der Waals surface area contributed by atoms with Gasteiger partial charge < -0.3 is 9.53 Å². The second-order valence-electron chi connectivity index (χ2n) is 7.97. The van der Waals surface area contributed by atoms with Crippen molar-refractivity contribution in [2.24, 2.45) is 0 Å². The fourth-order valence-electron chi connectivity index (χ4n) is 2.63. The van der Waals surface area contributed by atoms with Crippen LogP contribution in [-0.2, 0) is 10.8 Å². The number of benzene rings is 2. The molecule has 4 heteroatoms. The van der Waals surface area contributed by atoms with E-state index in [1.165, 1.54) is 0 Å². The Balaban J connectivity index is 2.20. The van der Waals surface area contributed by atoms with Crippen molar-refractivity contribution in [2.45, 2.75) is 58.4 Å². The van der Waals surface area contributed by atoms with Gasteiger partial charge in [-0.3, -0.25) is 0 Å². The molecule has 0 amide bonds. The predicted molar refractivity (Wildman–Crippen MR) is 101 cm³/mol. The molecule has 0 spiro atoms. The van der Waals surface area contributed by atoms with E-state index >= 15 is 0 Å². The monoisotopic (exact) mass is 343 g/mol. The van der Waals surface area contributed by atoms with E-state index in [9.17, 15) is 9.90 Å². The van der Waals surface area contributed by atoms with Crippen molar-refractivity contribution >= 4 is 25.1 Å². The fraction of sp³-hybridized carbons (Fsp3) is 0.450. The molecule has 2 aromatic carbocycles. The highest BCUT2D eigenvalue weighted by molar-refractivity contribution is 6.74. The van der Waals surface area contributed by atoms with Gasteiger partial charge in [0.2, 0.25) is 0 Å². The lowest BCUT2D eigenvalue weighted by Gasteiger charge is -2.38. The van der Waals surface area contributed by atoms with Gasteiger partial charge in [-0.15, -0.1) is 0 Å². The first kappa shape index (κ1) is 18.7. The molecule has 0 aliphatic rings. The summed E-state index contributed by atoms with van der Waals surface area (Å²) in [5.74, 6) is -0.942. The summed E-state index contributed by atoms with van der Waals surface area (Å²) in [6.45, 7) is 13.4. The Hall–Kier alpha value is -1.65. The van der Waals surface area contributed by atoms with Gasteiger partial charge in [-0.1, -0.05) is 51.1 Å². The zero-order valence-electron chi connectivity index (χ0n) is 15.4. The van der Waals surface area contributed by atoms with Crippen LogP contribution in [0.1, 0.15) is 43.6 Å². The van der Waals surface area contributed by atoms with Crippen LogP contribution in [0.15, 0.2) is 30.3 Å². The van der Waals surface area contributed by atoms with Crippen LogP contribution in [0.5, 0.6) is 0 Å². The lowest BCUT2D eigenvalue weighted by molar-refractivity contribution is 0.0698. The van der Waals surface area contributed by atoms with Crippen LogP contribution < -0.4 is 0 Å². The van der Waals surface area contributed by atoms with E-state index in [1.54, 1.807) is 6.07 Å². The Morgan fingerprint density at radius 2 is 1.96 bits per heavy atom. The summed E-state index contributed by atoms with van der Waals surface area (Å²) in [5.41, 5.74) is 1.39. The Morgan fingerprint density at radius 1 is 1.29 bits per heavy atom. The molecule has 1 N–H and O–H groups in total. The van der Waals surface area contributed by atoms with Gasteiger partial charge in [0.05, 0.1) is 5.56 Å². The van der Waals surface area contributed by atoms with Gasteiger partial charge in [0.15, 0.2) is 8.32 Å². The summed E-state index contributed by atoms with van der Waals surface area (Å²) < 4.78 is 6.42. The van der Waals surface area contributed by atoms with Crippen LogP contribution in [0.2, 0.25) is 18.1 Å². The lowest BCUT2D eigenvalue weighted by Crippen LogP contribution is -2.43. The van der Waals surface area contributed by atoms with Crippen LogP contribution in [0, 0.1) is 6.07 Å². The fourth-order valence-corrected chi connectivity index (χ4v) is 4.07. The van der Waals surface area contributed by atoms with Crippen LogP contribution in [0.25, 0.3) is 10.8 Å². The van der Waals surface area contributed by atoms with Gasteiger partial charge in [0.1, 0.15) is 0 Å². The number of carbonyl (C=O) groups is 1. The SMILES string of the molecule is CC(Cc1ccc2c(C(=O)O)[c]ccc2c1)O[Si](C)(C)C(C)(C)C. The molecule has 0 aliphatic heterocycles. The standard InChI is InChI=1S/C20H27O3Si/c1-14(23-24(5,6)20(2,3)4)12-15-10-11-17-16(13-15)8-7-9-18(17)19(21)22/h7-8,10-11,13-14H,12H2,1-6H3,(H,21,22). The molecular weight excluding hydrogens is 316 g/mol. The molecule has 0 aromatic heterocycles. The van der Waals surface area contributed by atoms with Crippen LogP contribution in [-0.4, -0.2) is 25.5 Å². The molecular formula is C20H27O3Si. The lowest BCUT2D eigenvalue weighted by atomic mass is 10.00. The van der Waals surface area contributed by atoms with Gasteiger partial charge in [-0.2, -0.15) is 0 Å². The topological polar surface area (TPSA) is 46.5 Å². The third-order valence-corrected chi connectivity index (χ3v) is 9.52. The van der Waals surface area contributed by atoms with Crippen LogP contribution >= 0.6 is 0 Å². The highest BCUT2D eigenvalue weighted by atomic mass is 28.4. The Kier molecular flexibility index (Phi) is 5.21. The molecule has 2 aromatic rings. The second-order valence-corrected chi connectivity index (χ2v) is 12.7. The molecule has 24 heavy (non-hydrogen) atoms. The number of carboxylic acids is 1. The normalized spacial score (nSPS) is 13.9. The van der Waals surface area contributed by atoms with Gasteiger partial charge in [-0.05, 0) is 53.9 Å². The molecule has 3 nitrogen and oxygen atoms in total. The number of hydrogen-bond donors (Lipinski definition) is 1. The van der Waals surface area contributed by atoms with Gasteiger partial charge in [0, 0.05) is 6.10 Å². The molecule has 2 rings (SSSR count). The van der Waals surface area contributed by atoms with Crippen molar-refractivity contribution in [3.05, 3.63) is 47.5 Å². The smallest absolute Gasteiger partial charge is 0.336 e. The van der Waals surface area contributed by atoms with Gasteiger partial charge in [-0.25, -0.2) is 4.79 Å². The quantitative estimate of drug-likeness (QED) is 0.750.